The lowest BCUT2D eigenvalue weighted by Gasteiger charge is -2.32. The number of nitrogens with two attached hydrogens (primary N) is 1. The standard InChI is InChI=1S/C6H12N4O/c1-4-5(11)9-2-3-10(4)6(7)8/h4H,2-3H2,1H3,(H3,7,8)(H,9,11). The van der Waals surface area contributed by atoms with Crippen molar-refractivity contribution in [1.82, 2.24) is 10.2 Å². The highest BCUT2D eigenvalue weighted by Crippen LogP contribution is 2.01. The van der Waals surface area contributed by atoms with Gasteiger partial charge in [-0.05, 0) is 6.92 Å². The van der Waals surface area contributed by atoms with Crippen molar-refractivity contribution in [2.24, 2.45) is 5.73 Å². The van der Waals surface area contributed by atoms with E-state index in [9.17, 15) is 4.79 Å². The highest BCUT2D eigenvalue weighted by atomic mass is 16.2. The lowest BCUT2D eigenvalue weighted by Crippen LogP contribution is -2.57. The first-order chi connectivity index (χ1) is 5.13. The topological polar surface area (TPSA) is 82.2 Å². The SMILES string of the molecule is CC1C(=O)NCCN1C(=N)N. The van der Waals surface area contributed by atoms with E-state index in [2.05, 4.69) is 5.32 Å². The molecular weight excluding hydrogens is 144 g/mol. The molecule has 1 saturated heterocycles. The van der Waals surface area contributed by atoms with Crippen LogP contribution in [-0.4, -0.2) is 35.9 Å². The fourth-order valence-electron chi connectivity index (χ4n) is 1.11. The third-order valence-electron chi connectivity index (χ3n) is 1.81. The van der Waals surface area contributed by atoms with Crippen LogP contribution in [0.1, 0.15) is 6.92 Å². The Hall–Kier alpha value is -1.26. The van der Waals surface area contributed by atoms with Crippen molar-refractivity contribution in [3.05, 3.63) is 0 Å². The van der Waals surface area contributed by atoms with Gasteiger partial charge in [0.05, 0.1) is 0 Å². The van der Waals surface area contributed by atoms with Gasteiger partial charge in [-0.15, -0.1) is 0 Å². The maximum Gasteiger partial charge on any atom is 0.242 e. The van der Waals surface area contributed by atoms with Crippen LogP contribution < -0.4 is 11.1 Å². The number of piperazine rings is 1. The van der Waals surface area contributed by atoms with Crippen LogP contribution in [0.15, 0.2) is 0 Å². The second-order valence-corrected chi connectivity index (χ2v) is 2.55. The van der Waals surface area contributed by atoms with Crippen molar-refractivity contribution in [1.29, 1.82) is 5.41 Å². The zero-order valence-electron chi connectivity index (χ0n) is 6.42. The monoisotopic (exact) mass is 156 g/mol. The van der Waals surface area contributed by atoms with E-state index in [0.29, 0.717) is 13.1 Å². The van der Waals surface area contributed by atoms with Gasteiger partial charge < -0.3 is 16.0 Å². The summed E-state index contributed by atoms with van der Waals surface area (Å²) in [5.74, 6) is -0.0983. The first kappa shape index (κ1) is 7.84. The zero-order valence-corrected chi connectivity index (χ0v) is 6.42. The van der Waals surface area contributed by atoms with E-state index in [-0.39, 0.29) is 17.9 Å². The van der Waals surface area contributed by atoms with E-state index in [1.807, 2.05) is 0 Å². The summed E-state index contributed by atoms with van der Waals surface area (Å²) in [6, 6.07) is -0.304. The van der Waals surface area contributed by atoms with Crippen molar-refractivity contribution < 1.29 is 4.79 Å². The number of nitrogens with one attached hydrogen (secondary N) is 2. The molecule has 11 heavy (non-hydrogen) atoms. The number of carbonyl (C=O) groups excluding carboxylic acids is 1. The molecule has 1 heterocycles. The fraction of sp³-hybridized carbons (Fsp3) is 0.667. The van der Waals surface area contributed by atoms with Gasteiger partial charge in [0.25, 0.3) is 0 Å². The summed E-state index contributed by atoms with van der Waals surface area (Å²) in [6.45, 7) is 2.93. The van der Waals surface area contributed by atoms with Gasteiger partial charge in [-0.1, -0.05) is 0 Å². The molecule has 5 heteroatoms. The normalized spacial score (nSPS) is 24.6. The Morgan fingerprint density at radius 1 is 1.91 bits per heavy atom. The predicted molar refractivity (Wildman–Crippen MR) is 41.1 cm³/mol. The van der Waals surface area contributed by atoms with E-state index >= 15 is 0 Å². The van der Waals surface area contributed by atoms with E-state index in [1.165, 1.54) is 0 Å². The van der Waals surface area contributed by atoms with Gasteiger partial charge in [0.1, 0.15) is 6.04 Å². The fourth-order valence-corrected chi connectivity index (χ4v) is 1.11. The lowest BCUT2D eigenvalue weighted by molar-refractivity contribution is -0.126. The minimum atomic E-state index is -0.304. The number of amides is 1. The maximum atomic E-state index is 11.0. The molecule has 5 nitrogen and oxygen atoms in total. The zero-order chi connectivity index (χ0) is 8.43. The molecule has 1 aliphatic heterocycles. The molecule has 62 valence electrons. The first-order valence-corrected chi connectivity index (χ1v) is 3.51. The number of guanidine groups is 1. The summed E-state index contributed by atoms with van der Waals surface area (Å²) in [5, 5.41) is 9.82. The molecule has 1 fully saturated rings. The lowest BCUT2D eigenvalue weighted by atomic mass is 10.2. The van der Waals surface area contributed by atoms with Gasteiger partial charge in [-0.3, -0.25) is 10.2 Å². The van der Waals surface area contributed by atoms with Crippen LogP contribution in [-0.2, 0) is 4.79 Å². The minimum absolute atomic E-state index is 0.0349. The van der Waals surface area contributed by atoms with Crippen LogP contribution >= 0.6 is 0 Å². The molecule has 0 aromatic rings. The Labute approximate surface area is 65.1 Å². The molecule has 4 N–H and O–H groups in total. The Morgan fingerprint density at radius 3 is 3.00 bits per heavy atom. The summed E-state index contributed by atoms with van der Waals surface area (Å²) in [7, 11) is 0. The Kier molecular flexibility index (Phi) is 1.98. The third kappa shape index (κ3) is 1.42. The van der Waals surface area contributed by atoms with Crippen molar-refractivity contribution in [2.45, 2.75) is 13.0 Å². The molecule has 0 saturated carbocycles. The highest BCUT2D eigenvalue weighted by Gasteiger charge is 2.25. The number of hydrogen-bond donors (Lipinski definition) is 3. The maximum absolute atomic E-state index is 11.0. The van der Waals surface area contributed by atoms with Gasteiger partial charge in [-0.25, -0.2) is 0 Å². The molecule has 0 spiro atoms. The van der Waals surface area contributed by atoms with E-state index < -0.39 is 0 Å². The predicted octanol–water partition coefficient (Wildman–Crippen LogP) is -1.30. The third-order valence-corrected chi connectivity index (χ3v) is 1.81. The van der Waals surface area contributed by atoms with Gasteiger partial charge >= 0.3 is 0 Å². The van der Waals surface area contributed by atoms with Crippen LogP contribution in [0.4, 0.5) is 0 Å². The van der Waals surface area contributed by atoms with Crippen molar-refractivity contribution in [3.63, 3.8) is 0 Å². The highest BCUT2D eigenvalue weighted by molar-refractivity contribution is 5.87. The van der Waals surface area contributed by atoms with Crippen molar-refractivity contribution in [3.8, 4) is 0 Å². The van der Waals surface area contributed by atoms with Gasteiger partial charge in [0.2, 0.25) is 5.91 Å². The smallest absolute Gasteiger partial charge is 0.242 e. The molecule has 0 aliphatic carbocycles. The van der Waals surface area contributed by atoms with Crippen LogP contribution in [0.5, 0.6) is 0 Å². The second kappa shape index (κ2) is 2.77. The number of carbonyl (C=O) groups is 1. The van der Waals surface area contributed by atoms with Crippen molar-refractivity contribution in [2.75, 3.05) is 13.1 Å². The molecule has 1 unspecified atom stereocenters. The molecule has 1 rings (SSSR count). The van der Waals surface area contributed by atoms with Gasteiger partial charge in [0, 0.05) is 13.1 Å². The summed E-state index contributed by atoms with van der Waals surface area (Å²) in [4.78, 5) is 12.6. The minimum Gasteiger partial charge on any atom is -0.370 e. The van der Waals surface area contributed by atoms with E-state index in [4.69, 9.17) is 11.1 Å². The first-order valence-electron chi connectivity index (χ1n) is 3.51. The Bertz CT molecular complexity index is 191. The van der Waals surface area contributed by atoms with Crippen LogP contribution in [0.25, 0.3) is 0 Å². The Morgan fingerprint density at radius 2 is 2.55 bits per heavy atom. The molecule has 1 amide bonds. The van der Waals surface area contributed by atoms with Gasteiger partial charge in [0.15, 0.2) is 5.96 Å². The van der Waals surface area contributed by atoms with Crippen LogP contribution in [0, 0.1) is 5.41 Å². The van der Waals surface area contributed by atoms with Crippen LogP contribution in [0.2, 0.25) is 0 Å². The van der Waals surface area contributed by atoms with Gasteiger partial charge in [-0.2, -0.15) is 0 Å². The number of hydrogen-bond acceptors (Lipinski definition) is 2. The largest absolute Gasteiger partial charge is 0.370 e. The van der Waals surface area contributed by atoms with E-state index in [1.54, 1.807) is 11.8 Å². The summed E-state index contributed by atoms with van der Waals surface area (Å²) in [5.41, 5.74) is 5.25. The molecule has 0 aromatic heterocycles. The summed E-state index contributed by atoms with van der Waals surface area (Å²) >= 11 is 0. The molecule has 1 aliphatic rings. The Balaban J connectivity index is 2.65. The molecule has 0 aromatic carbocycles. The molecular formula is C6H12N4O. The average Bonchev–Trinajstić information content (AvgIpc) is 1.94. The quantitative estimate of drug-likeness (QED) is 0.301. The molecule has 0 radical (unpaired) electrons. The van der Waals surface area contributed by atoms with E-state index in [0.717, 1.165) is 0 Å². The molecule has 0 bridgehead atoms. The van der Waals surface area contributed by atoms with Crippen molar-refractivity contribution >= 4 is 11.9 Å². The average molecular weight is 156 g/mol. The summed E-state index contributed by atoms with van der Waals surface area (Å²) < 4.78 is 0. The number of rotatable bonds is 0. The second-order valence-electron chi connectivity index (χ2n) is 2.55. The molecule has 1 atom stereocenters. The summed E-state index contributed by atoms with van der Waals surface area (Å²) in [6.07, 6.45) is 0. The number of nitrogens with zero attached hydrogens (tertiary/aromatic N) is 1. The van der Waals surface area contributed by atoms with Crippen LogP contribution in [0.3, 0.4) is 0 Å².